The molecule has 84 valence electrons. The number of amidine groups is 1. The van der Waals surface area contributed by atoms with E-state index < -0.39 is 0 Å². The molecule has 1 heterocycles. The summed E-state index contributed by atoms with van der Waals surface area (Å²) in [6, 6.07) is 0.384. The monoisotopic (exact) mass is 226 g/mol. The van der Waals surface area contributed by atoms with Crippen LogP contribution in [0.15, 0.2) is 5.38 Å². The molecule has 0 bridgehead atoms. The van der Waals surface area contributed by atoms with Gasteiger partial charge in [-0.05, 0) is 20.8 Å². The van der Waals surface area contributed by atoms with Crippen LogP contribution >= 0.6 is 11.3 Å². The smallest absolute Gasteiger partial charge is 0.185 e. The molecular formula is C10H18N4S. The van der Waals surface area contributed by atoms with Crippen molar-refractivity contribution in [2.75, 3.05) is 11.4 Å². The van der Waals surface area contributed by atoms with Gasteiger partial charge in [-0.25, -0.2) is 4.98 Å². The molecule has 1 aromatic rings. The summed E-state index contributed by atoms with van der Waals surface area (Å²) < 4.78 is 0. The quantitative estimate of drug-likeness (QED) is 0.596. The van der Waals surface area contributed by atoms with E-state index in [1.54, 1.807) is 11.3 Å². The van der Waals surface area contributed by atoms with E-state index in [4.69, 9.17) is 11.1 Å². The Bertz CT molecular complexity index is 332. The normalized spacial score (nSPS) is 10.7. The van der Waals surface area contributed by atoms with Gasteiger partial charge in [-0.15, -0.1) is 11.3 Å². The Morgan fingerprint density at radius 1 is 1.67 bits per heavy atom. The van der Waals surface area contributed by atoms with Crippen LogP contribution in [-0.2, 0) is 0 Å². The van der Waals surface area contributed by atoms with Gasteiger partial charge in [-0.2, -0.15) is 0 Å². The Morgan fingerprint density at radius 2 is 2.33 bits per heavy atom. The minimum atomic E-state index is 0.230. The molecule has 0 amide bonds. The molecule has 0 fully saturated rings. The van der Waals surface area contributed by atoms with E-state index in [1.807, 2.05) is 12.3 Å². The van der Waals surface area contributed by atoms with E-state index in [-0.39, 0.29) is 5.84 Å². The van der Waals surface area contributed by atoms with Gasteiger partial charge in [-0.3, -0.25) is 5.41 Å². The Morgan fingerprint density at radius 3 is 2.73 bits per heavy atom. The molecule has 15 heavy (non-hydrogen) atoms. The van der Waals surface area contributed by atoms with Crippen molar-refractivity contribution in [2.45, 2.75) is 33.2 Å². The summed E-state index contributed by atoms with van der Waals surface area (Å²) in [7, 11) is 0. The van der Waals surface area contributed by atoms with E-state index in [9.17, 15) is 0 Å². The lowest BCUT2D eigenvalue weighted by atomic mass is 10.3. The zero-order valence-corrected chi connectivity index (χ0v) is 10.3. The van der Waals surface area contributed by atoms with Crippen molar-refractivity contribution in [2.24, 2.45) is 5.73 Å². The van der Waals surface area contributed by atoms with Crippen LogP contribution in [-0.4, -0.2) is 23.4 Å². The first kappa shape index (κ1) is 12.0. The molecular weight excluding hydrogens is 208 g/mol. The van der Waals surface area contributed by atoms with E-state index in [1.165, 1.54) is 0 Å². The van der Waals surface area contributed by atoms with E-state index >= 15 is 0 Å². The highest BCUT2D eigenvalue weighted by Gasteiger charge is 2.13. The summed E-state index contributed by atoms with van der Waals surface area (Å²) in [4.78, 5) is 6.62. The molecule has 0 saturated heterocycles. The maximum absolute atomic E-state index is 7.23. The van der Waals surface area contributed by atoms with Crippen LogP contribution in [0.4, 0.5) is 5.13 Å². The first-order valence-electron chi connectivity index (χ1n) is 5.02. The lowest BCUT2D eigenvalue weighted by Gasteiger charge is -2.25. The number of aryl methyl sites for hydroxylation is 1. The minimum absolute atomic E-state index is 0.230. The molecule has 0 atom stereocenters. The van der Waals surface area contributed by atoms with Gasteiger partial charge < -0.3 is 10.6 Å². The number of rotatable bonds is 5. The summed E-state index contributed by atoms with van der Waals surface area (Å²) in [6.07, 6.45) is 0.594. The zero-order valence-electron chi connectivity index (χ0n) is 9.45. The predicted molar refractivity (Wildman–Crippen MR) is 65.9 cm³/mol. The van der Waals surface area contributed by atoms with Crippen LogP contribution in [0.1, 0.15) is 26.0 Å². The van der Waals surface area contributed by atoms with E-state index in [0.717, 1.165) is 17.4 Å². The van der Waals surface area contributed by atoms with Crippen LogP contribution < -0.4 is 10.6 Å². The van der Waals surface area contributed by atoms with Gasteiger partial charge in [0.05, 0.1) is 11.5 Å². The van der Waals surface area contributed by atoms with Gasteiger partial charge >= 0.3 is 0 Å². The largest absolute Gasteiger partial charge is 0.388 e. The highest BCUT2D eigenvalue weighted by atomic mass is 32.1. The summed E-state index contributed by atoms with van der Waals surface area (Å²) in [5.74, 6) is 0.230. The number of nitrogens with one attached hydrogen (secondary N) is 1. The maximum atomic E-state index is 7.23. The molecule has 0 aliphatic carbocycles. The van der Waals surface area contributed by atoms with Crippen LogP contribution in [0.2, 0.25) is 0 Å². The Labute approximate surface area is 94.6 Å². The number of aromatic nitrogens is 1. The Balaban J connectivity index is 2.70. The Hall–Kier alpha value is -1.10. The molecule has 0 saturated carbocycles. The molecule has 3 N–H and O–H groups in total. The maximum Gasteiger partial charge on any atom is 0.185 e. The second-order valence-electron chi connectivity index (χ2n) is 3.83. The lowest BCUT2D eigenvalue weighted by molar-refractivity contribution is 0.686. The van der Waals surface area contributed by atoms with Gasteiger partial charge in [0.25, 0.3) is 0 Å². The number of thiazole rings is 1. The third-order valence-corrected chi connectivity index (χ3v) is 3.09. The van der Waals surface area contributed by atoms with Crippen molar-refractivity contribution >= 4 is 22.3 Å². The van der Waals surface area contributed by atoms with Gasteiger partial charge in [0, 0.05) is 24.4 Å². The molecule has 0 unspecified atom stereocenters. The number of hydrogen-bond donors (Lipinski definition) is 2. The van der Waals surface area contributed by atoms with Crippen molar-refractivity contribution in [3.8, 4) is 0 Å². The average Bonchev–Trinajstić information content (AvgIpc) is 2.51. The highest BCUT2D eigenvalue weighted by molar-refractivity contribution is 7.13. The molecule has 0 aliphatic rings. The second-order valence-corrected chi connectivity index (χ2v) is 4.67. The predicted octanol–water partition coefficient (Wildman–Crippen LogP) is 1.99. The fourth-order valence-electron chi connectivity index (χ4n) is 1.29. The van der Waals surface area contributed by atoms with E-state index in [0.29, 0.717) is 12.5 Å². The van der Waals surface area contributed by atoms with Crippen LogP contribution in [0.25, 0.3) is 0 Å². The standard InChI is InChI=1S/C10H18N4S/c1-7(2)14(5-4-9(11)12)10-13-8(3)6-15-10/h6-7H,4-5H2,1-3H3,(H3,11,12). The number of nitrogens with two attached hydrogens (primary N) is 1. The zero-order chi connectivity index (χ0) is 11.4. The SMILES string of the molecule is Cc1csc(N(CCC(=N)N)C(C)C)n1. The molecule has 5 heteroatoms. The molecule has 0 radical (unpaired) electrons. The first-order valence-corrected chi connectivity index (χ1v) is 5.90. The summed E-state index contributed by atoms with van der Waals surface area (Å²) in [6.45, 7) is 7.00. The van der Waals surface area contributed by atoms with Gasteiger partial charge in [0.1, 0.15) is 0 Å². The first-order chi connectivity index (χ1) is 7.00. The molecule has 0 aliphatic heterocycles. The Kier molecular flexibility index (Phi) is 4.08. The summed E-state index contributed by atoms with van der Waals surface area (Å²) in [5, 5.41) is 10.3. The third-order valence-electron chi connectivity index (χ3n) is 2.10. The highest BCUT2D eigenvalue weighted by Crippen LogP contribution is 2.22. The molecule has 0 aromatic carbocycles. The van der Waals surface area contributed by atoms with Crippen LogP contribution in [0.5, 0.6) is 0 Å². The van der Waals surface area contributed by atoms with Gasteiger partial charge in [0.2, 0.25) is 0 Å². The molecule has 1 aromatic heterocycles. The van der Waals surface area contributed by atoms with Crippen molar-refractivity contribution in [1.29, 1.82) is 5.41 Å². The summed E-state index contributed by atoms with van der Waals surface area (Å²) in [5.41, 5.74) is 6.41. The van der Waals surface area contributed by atoms with Crippen molar-refractivity contribution in [3.63, 3.8) is 0 Å². The van der Waals surface area contributed by atoms with Gasteiger partial charge in [0.15, 0.2) is 5.13 Å². The van der Waals surface area contributed by atoms with Crippen molar-refractivity contribution in [1.82, 2.24) is 4.98 Å². The lowest BCUT2D eigenvalue weighted by Crippen LogP contribution is -2.33. The summed E-state index contributed by atoms with van der Waals surface area (Å²) >= 11 is 1.64. The number of anilines is 1. The minimum Gasteiger partial charge on any atom is -0.388 e. The number of hydrogen-bond acceptors (Lipinski definition) is 4. The molecule has 0 spiro atoms. The van der Waals surface area contributed by atoms with Gasteiger partial charge in [-0.1, -0.05) is 0 Å². The third kappa shape index (κ3) is 3.51. The van der Waals surface area contributed by atoms with E-state index in [2.05, 4.69) is 23.7 Å². The number of nitrogens with zero attached hydrogens (tertiary/aromatic N) is 2. The fourth-order valence-corrected chi connectivity index (χ4v) is 2.25. The van der Waals surface area contributed by atoms with Crippen LogP contribution in [0, 0.1) is 12.3 Å². The van der Waals surface area contributed by atoms with Crippen molar-refractivity contribution < 1.29 is 0 Å². The fraction of sp³-hybridized carbons (Fsp3) is 0.600. The second kappa shape index (κ2) is 5.11. The molecule has 4 nitrogen and oxygen atoms in total. The van der Waals surface area contributed by atoms with Crippen LogP contribution in [0.3, 0.4) is 0 Å². The van der Waals surface area contributed by atoms with Crippen molar-refractivity contribution in [3.05, 3.63) is 11.1 Å². The average molecular weight is 226 g/mol. The topological polar surface area (TPSA) is 66.0 Å². The molecule has 1 rings (SSSR count).